The fraction of sp³-hybridized carbons (Fsp3) is 0.265. The molecule has 6 rings (SSSR count). The first kappa shape index (κ1) is 36.4. The highest BCUT2D eigenvalue weighted by Crippen LogP contribution is 2.39. The number of halogens is 4. The van der Waals surface area contributed by atoms with E-state index in [1.165, 1.54) is 37.0 Å². The lowest BCUT2D eigenvalue weighted by atomic mass is 10.0. The molecule has 272 valence electrons. The number of rotatable bonds is 12. The van der Waals surface area contributed by atoms with E-state index in [2.05, 4.69) is 25.1 Å². The van der Waals surface area contributed by atoms with Crippen molar-refractivity contribution in [2.24, 2.45) is 10.1 Å². The quantitative estimate of drug-likeness (QED) is 0.124. The first-order valence-corrected chi connectivity index (χ1v) is 18.0. The summed E-state index contributed by atoms with van der Waals surface area (Å²) in [6.07, 6.45) is 4.17. The summed E-state index contributed by atoms with van der Waals surface area (Å²) >= 11 is 6.50. The number of sulfonamides is 1. The molecule has 2 aromatic heterocycles. The Balaban J connectivity index is 1.61. The van der Waals surface area contributed by atoms with Gasteiger partial charge in [-0.1, -0.05) is 11.6 Å². The molecule has 2 heterocycles. The maximum atomic E-state index is 15.1. The molecular weight excluding hydrogens is 725 g/mol. The van der Waals surface area contributed by atoms with Gasteiger partial charge in [-0.25, -0.2) is 26.6 Å². The second kappa shape index (κ2) is 14.3. The summed E-state index contributed by atoms with van der Waals surface area (Å²) in [6.45, 7) is -0.262. The van der Waals surface area contributed by atoms with Gasteiger partial charge < -0.3 is 21.1 Å². The van der Waals surface area contributed by atoms with Crippen molar-refractivity contribution < 1.29 is 31.1 Å². The number of amidine groups is 1. The van der Waals surface area contributed by atoms with Crippen molar-refractivity contribution in [2.75, 3.05) is 25.7 Å². The largest absolute Gasteiger partial charge is 0.491 e. The summed E-state index contributed by atoms with van der Waals surface area (Å²) in [5.41, 5.74) is 6.02. The van der Waals surface area contributed by atoms with Crippen LogP contribution in [0.5, 0.6) is 5.75 Å². The van der Waals surface area contributed by atoms with Gasteiger partial charge in [0.25, 0.3) is 15.6 Å². The van der Waals surface area contributed by atoms with Crippen molar-refractivity contribution in [3.05, 3.63) is 110 Å². The Morgan fingerprint density at radius 2 is 1.85 bits per heavy atom. The Kier molecular flexibility index (Phi) is 10.0. The van der Waals surface area contributed by atoms with Crippen molar-refractivity contribution >= 4 is 50.0 Å². The zero-order chi connectivity index (χ0) is 37.5. The Morgan fingerprint density at radius 3 is 2.48 bits per heavy atom. The Labute approximate surface area is 300 Å². The maximum absolute atomic E-state index is 15.1. The summed E-state index contributed by atoms with van der Waals surface area (Å²) in [7, 11) is -1.37. The smallest absolute Gasteiger partial charge is 0.266 e. The second-order valence-corrected chi connectivity index (χ2v) is 14.2. The summed E-state index contributed by atoms with van der Waals surface area (Å²) in [5, 5.41) is 10.0. The number of hydrogen-bond donors (Lipinski definition) is 3. The molecule has 5 aromatic rings. The monoisotopic (exact) mass is 756 g/mol. The van der Waals surface area contributed by atoms with Crippen LogP contribution in [0.2, 0.25) is 5.02 Å². The fourth-order valence-corrected chi connectivity index (χ4v) is 6.68. The Bertz CT molecular complexity index is 2410. The highest BCUT2D eigenvalue weighted by Gasteiger charge is 2.29. The van der Waals surface area contributed by atoms with Crippen LogP contribution >= 0.6 is 11.6 Å². The molecule has 1 saturated carbocycles. The van der Waals surface area contributed by atoms with Crippen molar-refractivity contribution in [3.8, 4) is 11.4 Å². The third-order valence-electron chi connectivity index (χ3n) is 8.29. The molecule has 3 aromatic carbocycles. The minimum Gasteiger partial charge on any atom is -0.491 e. The van der Waals surface area contributed by atoms with Gasteiger partial charge in [-0.15, -0.1) is 4.40 Å². The van der Waals surface area contributed by atoms with Crippen LogP contribution in [-0.2, 0) is 27.8 Å². The zero-order valence-corrected chi connectivity index (χ0v) is 29.5. The molecule has 1 aliphatic rings. The number of nitrogens with zero attached hydrogens (tertiary/aromatic N) is 5. The molecule has 1 unspecified atom stereocenters. The number of amides is 1. The molecule has 0 aliphatic heterocycles. The number of ether oxygens (including phenoxy) is 1. The number of benzene rings is 3. The van der Waals surface area contributed by atoms with Gasteiger partial charge in [-0.2, -0.15) is 5.10 Å². The normalized spacial score (nSPS) is 14.0. The third-order valence-corrected chi connectivity index (χ3v) is 9.14. The lowest BCUT2D eigenvalue weighted by Crippen LogP contribution is -2.37. The molecular formula is C34H32ClF3N8O5S. The summed E-state index contributed by atoms with van der Waals surface area (Å²) < 4.78 is 79.5. The molecule has 1 amide bonds. The van der Waals surface area contributed by atoms with Crippen LogP contribution in [0.4, 0.5) is 18.9 Å². The maximum Gasteiger partial charge on any atom is 0.266 e. The lowest BCUT2D eigenvalue weighted by Gasteiger charge is -2.25. The lowest BCUT2D eigenvalue weighted by molar-refractivity contribution is -0.122. The number of aromatic nitrogens is 4. The summed E-state index contributed by atoms with van der Waals surface area (Å²) in [4.78, 5) is 32.9. The number of anilines is 1. The topological polar surface area (TPSA) is 176 Å². The first-order chi connectivity index (χ1) is 24.7. The van der Waals surface area contributed by atoms with Gasteiger partial charge in [0.15, 0.2) is 11.6 Å². The van der Waals surface area contributed by atoms with Crippen LogP contribution in [-0.4, -0.2) is 59.9 Å². The molecule has 1 atom stereocenters. The van der Waals surface area contributed by atoms with Crippen LogP contribution in [0.25, 0.3) is 16.6 Å². The van der Waals surface area contributed by atoms with Crippen LogP contribution in [0.15, 0.2) is 63.9 Å². The summed E-state index contributed by atoms with van der Waals surface area (Å²) in [5.74, 6) is -3.99. The number of methoxy groups -OCH3 is 1. The molecule has 0 saturated heterocycles. The van der Waals surface area contributed by atoms with E-state index >= 15 is 4.39 Å². The van der Waals surface area contributed by atoms with Crippen molar-refractivity contribution in [3.63, 3.8) is 0 Å². The number of carbonyl (C=O) groups excluding carboxylic acids is 1. The van der Waals surface area contributed by atoms with E-state index in [9.17, 15) is 26.8 Å². The summed E-state index contributed by atoms with van der Waals surface area (Å²) in [6, 6.07) is 8.27. The van der Waals surface area contributed by atoms with E-state index in [0.29, 0.717) is 12.0 Å². The number of fused-ring (bicyclic) bond motifs is 1. The SMILES string of the molecule is CNc1c(-n2c(C(Cc3cc(F)cc(F)c3)NC(=O)Cn3ccc(C4CC4)n3)nc3c(OC)c(F)ccc3c2=O)ccc(Cl)c1/C(N)=N/S(C)(=O)=O. The molecule has 52 heavy (non-hydrogen) atoms. The third kappa shape index (κ3) is 7.60. The van der Waals surface area contributed by atoms with E-state index in [0.717, 1.165) is 47.6 Å². The Morgan fingerprint density at radius 1 is 1.13 bits per heavy atom. The number of hydrogen-bond acceptors (Lipinski definition) is 8. The van der Waals surface area contributed by atoms with E-state index < -0.39 is 50.8 Å². The fourth-order valence-electron chi connectivity index (χ4n) is 5.98. The molecule has 13 nitrogen and oxygen atoms in total. The van der Waals surface area contributed by atoms with E-state index in [1.807, 2.05) is 6.07 Å². The van der Waals surface area contributed by atoms with Crippen LogP contribution in [0, 0.1) is 17.5 Å². The minimum atomic E-state index is -4.01. The average molecular weight is 757 g/mol. The van der Waals surface area contributed by atoms with E-state index in [1.54, 1.807) is 6.20 Å². The van der Waals surface area contributed by atoms with Crippen molar-refractivity contribution in [1.29, 1.82) is 0 Å². The van der Waals surface area contributed by atoms with Gasteiger partial charge in [-0.05, 0) is 60.9 Å². The highest BCUT2D eigenvalue weighted by molar-refractivity contribution is 7.89. The molecule has 0 radical (unpaired) electrons. The van der Waals surface area contributed by atoms with Gasteiger partial charge in [0, 0.05) is 31.6 Å². The van der Waals surface area contributed by atoms with Gasteiger partial charge in [0.05, 0.1) is 52.4 Å². The number of nitrogens with one attached hydrogen (secondary N) is 2. The number of nitrogens with two attached hydrogens (primary N) is 1. The van der Waals surface area contributed by atoms with Gasteiger partial charge in [0.1, 0.15) is 35.4 Å². The van der Waals surface area contributed by atoms with E-state index in [-0.39, 0.29) is 63.0 Å². The van der Waals surface area contributed by atoms with Crippen LogP contribution < -0.4 is 26.7 Å². The predicted octanol–water partition coefficient (Wildman–Crippen LogP) is 4.35. The molecule has 18 heteroatoms. The standard InChI is InChI=1S/C34H32ClF3N8O5S/c1-40-30-26(9-7-22(35)28(30)32(39)44-52(3,49)50)46-33(42-29-21(34(46)48)6-8-23(38)31(29)51-2)25(14-17-12-19(36)15-20(37)13-17)41-27(47)16-45-11-10-24(43-45)18-4-5-18/h6-13,15,18,25,40H,4-5,14,16H2,1-3H3,(H2,39,44)(H,41,47). The van der Waals surface area contributed by atoms with Gasteiger partial charge in [0.2, 0.25) is 5.91 Å². The van der Waals surface area contributed by atoms with Gasteiger partial charge >= 0.3 is 0 Å². The Hall–Kier alpha value is -5.42. The molecule has 0 bridgehead atoms. The number of carbonyl (C=O) groups is 1. The predicted molar refractivity (Wildman–Crippen MR) is 189 cm³/mol. The van der Waals surface area contributed by atoms with E-state index in [4.69, 9.17) is 22.1 Å². The average Bonchev–Trinajstić information content (AvgIpc) is 3.81. The minimum absolute atomic E-state index is 0.0112. The highest BCUT2D eigenvalue weighted by atomic mass is 35.5. The van der Waals surface area contributed by atoms with Crippen molar-refractivity contribution in [1.82, 2.24) is 24.6 Å². The van der Waals surface area contributed by atoms with Crippen molar-refractivity contribution in [2.45, 2.75) is 37.8 Å². The van der Waals surface area contributed by atoms with Gasteiger partial charge in [-0.3, -0.25) is 18.8 Å². The molecule has 1 fully saturated rings. The molecule has 4 N–H and O–H groups in total. The zero-order valence-electron chi connectivity index (χ0n) is 28.0. The molecule has 1 aliphatic carbocycles. The van der Waals surface area contributed by atoms with Crippen LogP contribution in [0.1, 0.15) is 47.4 Å². The van der Waals surface area contributed by atoms with Crippen LogP contribution in [0.3, 0.4) is 0 Å². The first-order valence-electron chi connectivity index (χ1n) is 15.8. The second-order valence-electron chi connectivity index (χ2n) is 12.2. The molecule has 0 spiro atoms.